The molecular formula is C32H27GeNO. The third-order valence-electron chi connectivity index (χ3n) is 6.68. The Bertz CT molecular complexity index is 1660. The SMILES string of the molecule is [CH3][Ge]([CH3])([CH3])[c]1ccc2c(-c3cc(-c4ccccc4)c4cc(-c5ccccc5)oc4c3)nccc2c1. The van der Waals surface area contributed by atoms with Crippen LogP contribution < -0.4 is 4.40 Å². The molecule has 0 saturated carbocycles. The molecule has 3 heteroatoms. The number of benzene rings is 4. The Morgan fingerprint density at radius 2 is 1.34 bits per heavy atom. The molecule has 0 aliphatic heterocycles. The molecule has 6 rings (SSSR count). The number of hydrogen-bond donors (Lipinski definition) is 0. The Kier molecular flexibility index (Phi) is 5.34. The number of nitrogens with zero attached hydrogens (tertiary/aromatic N) is 1. The van der Waals surface area contributed by atoms with Crippen molar-refractivity contribution < 1.29 is 4.42 Å². The zero-order chi connectivity index (χ0) is 24.0. The number of aromatic nitrogens is 1. The molecule has 2 heterocycles. The van der Waals surface area contributed by atoms with E-state index in [-0.39, 0.29) is 0 Å². The molecule has 0 aliphatic rings. The number of rotatable bonds is 4. The predicted molar refractivity (Wildman–Crippen MR) is 151 cm³/mol. The van der Waals surface area contributed by atoms with Crippen LogP contribution in [0.3, 0.4) is 0 Å². The van der Waals surface area contributed by atoms with E-state index in [0.29, 0.717) is 0 Å². The van der Waals surface area contributed by atoms with Crippen molar-refractivity contribution >= 4 is 39.4 Å². The third-order valence-corrected chi connectivity index (χ3v) is 11.0. The van der Waals surface area contributed by atoms with Gasteiger partial charge in [-0.3, -0.25) is 0 Å². The summed E-state index contributed by atoms with van der Waals surface area (Å²) in [6.45, 7) is 0. The summed E-state index contributed by atoms with van der Waals surface area (Å²) in [4.78, 5) is 4.85. The van der Waals surface area contributed by atoms with Gasteiger partial charge in [-0.05, 0) is 0 Å². The van der Waals surface area contributed by atoms with Gasteiger partial charge in [0.05, 0.1) is 0 Å². The first kappa shape index (κ1) is 21.9. The molecule has 2 aromatic heterocycles. The van der Waals surface area contributed by atoms with E-state index in [2.05, 4.69) is 102 Å². The fourth-order valence-corrected chi connectivity index (χ4v) is 7.21. The van der Waals surface area contributed by atoms with Gasteiger partial charge >= 0.3 is 191 Å². The molecule has 35 heavy (non-hydrogen) atoms. The van der Waals surface area contributed by atoms with Gasteiger partial charge in [-0.2, -0.15) is 0 Å². The van der Waals surface area contributed by atoms with E-state index in [4.69, 9.17) is 9.40 Å². The number of fused-ring (bicyclic) bond motifs is 2. The molecule has 6 aromatic rings. The Labute approximate surface area is 208 Å². The van der Waals surface area contributed by atoms with Crippen LogP contribution in [0.25, 0.3) is 55.4 Å². The first-order valence-corrected chi connectivity index (χ1v) is 19.4. The normalized spacial score (nSPS) is 11.9. The van der Waals surface area contributed by atoms with Gasteiger partial charge in [-0.25, -0.2) is 0 Å². The van der Waals surface area contributed by atoms with Crippen molar-refractivity contribution in [3.8, 4) is 33.7 Å². The molecule has 0 N–H and O–H groups in total. The molecule has 0 amide bonds. The topological polar surface area (TPSA) is 26.0 Å². The number of hydrogen-bond acceptors (Lipinski definition) is 2. The molecule has 2 nitrogen and oxygen atoms in total. The zero-order valence-corrected chi connectivity index (χ0v) is 22.3. The van der Waals surface area contributed by atoms with Gasteiger partial charge in [0, 0.05) is 0 Å². The minimum absolute atomic E-state index is 0.875. The van der Waals surface area contributed by atoms with Crippen LogP contribution in [0.5, 0.6) is 0 Å². The van der Waals surface area contributed by atoms with Crippen molar-refractivity contribution in [1.82, 2.24) is 4.98 Å². The quantitative estimate of drug-likeness (QED) is 0.221. The number of furan rings is 1. The molecule has 0 radical (unpaired) electrons. The first-order valence-electron chi connectivity index (χ1n) is 12.1. The zero-order valence-electron chi connectivity index (χ0n) is 20.2. The summed E-state index contributed by atoms with van der Waals surface area (Å²) in [5, 5.41) is 3.54. The van der Waals surface area contributed by atoms with Crippen molar-refractivity contribution in [2.45, 2.75) is 17.3 Å². The Morgan fingerprint density at radius 3 is 2.06 bits per heavy atom. The third kappa shape index (κ3) is 4.08. The second-order valence-corrected chi connectivity index (χ2v) is 20.8. The van der Waals surface area contributed by atoms with Crippen molar-refractivity contribution in [2.75, 3.05) is 0 Å². The second-order valence-electron chi connectivity index (χ2n) is 10.1. The van der Waals surface area contributed by atoms with Crippen molar-refractivity contribution in [2.24, 2.45) is 0 Å². The Morgan fingerprint density at radius 1 is 0.629 bits per heavy atom. The van der Waals surface area contributed by atoms with Gasteiger partial charge in [0.25, 0.3) is 0 Å². The summed E-state index contributed by atoms with van der Waals surface area (Å²) >= 11 is -1.93. The summed E-state index contributed by atoms with van der Waals surface area (Å²) in [5.74, 6) is 8.18. The summed E-state index contributed by atoms with van der Waals surface area (Å²) in [6.07, 6.45) is 1.93. The molecule has 0 unspecified atom stereocenters. The molecule has 0 fully saturated rings. The molecule has 4 aromatic carbocycles. The van der Waals surface area contributed by atoms with Crippen LogP contribution in [-0.4, -0.2) is 18.3 Å². The van der Waals surface area contributed by atoms with Crippen LogP contribution in [0.4, 0.5) is 0 Å². The summed E-state index contributed by atoms with van der Waals surface area (Å²) in [5.41, 5.74) is 6.34. The fourth-order valence-electron chi connectivity index (χ4n) is 4.75. The predicted octanol–water partition coefficient (Wildman–Crippen LogP) is 8.53. The van der Waals surface area contributed by atoms with Gasteiger partial charge in [0.2, 0.25) is 0 Å². The molecule has 170 valence electrons. The van der Waals surface area contributed by atoms with Gasteiger partial charge in [0.15, 0.2) is 0 Å². The van der Waals surface area contributed by atoms with Crippen molar-refractivity contribution in [3.63, 3.8) is 0 Å². The van der Waals surface area contributed by atoms with Crippen molar-refractivity contribution in [1.29, 1.82) is 0 Å². The van der Waals surface area contributed by atoms with Gasteiger partial charge in [0.1, 0.15) is 0 Å². The van der Waals surface area contributed by atoms with Crippen LogP contribution in [-0.2, 0) is 0 Å². The van der Waals surface area contributed by atoms with E-state index in [0.717, 1.165) is 39.1 Å². The van der Waals surface area contributed by atoms with E-state index in [9.17, 15) is 0 Å². The molecule has 0 saturated heterocycles. The first-order chi connectivity index (χ1) is 17.0. The molecule has 0 spiro atoms. The fraction of sp³-hybridized carbons (Fsp3) is 0.0938. The molecule has 0 aliphatic carbocycles. The van der Waals surface area contributed by atoms with E-state index < -0.39 is 13.3 Å². The Hall–Kier alpha value is -3.63. The molecule has 0 atom stereocenters. The number of pyridine rings is 1. The standard InChI is InChI=1S/C32H27GeNO/c1-33(2,3)26-14-15-27-24(18-26)16-17-34-32(27)25-19-28(22-10-6-4-7-11-22)29-21-30(35-31(29)20-25)23-12-8-5-9-13-23/h4-21H,1-3H3. The van der Waals surface area contributed by atoms with Crippen LogP contribution in [0, 0.1) is 0 Å². The second kappa shape index (κ2) is 8.55. The van der Waals surface area contributed by atoms with Gasteiger partial charge in [-0.15, -0.1) is 0 Å². The summed E-state index contributed by atoms with van der Waals surface area (Å²) in [7, 11) is 0. The van der Waals surface area contributed by atoms with Gasteiger partial charge in [-0.1, -0.05) is 18.2 Å². The van der Waals surface area contributed by atoms with Crippen molar-refractivity contribution in [3.05, 3.63) is 109 Å². The van der Waals surface area contributed by atoms with Crippen LogP contribution >= 0.6 is 0 Å². The average molecular weight is 514 g/mol. The monoisotopic (exact) mass is 515 g/mol. The average Bonchev–Trinajstić information content (AvgIpc) is 3.32. The summed E-state index contributed by atoms with van der Waals surface area (Å²) in [6, 6.07) is 36.5. The van der Waals surface area contributed by atoms with Crippen LogP contribution in [0.2, 0.25) is 17.3 Å². The van der Waals surface area contributed by atoms with E-state index in [1.54, 1.807) is 0 Å². The molecular weight excluding hydrogens is 487 g/mol. The molecule has 0 bridgehead atoms. The van der Waals surface area contributed by atoms with E-state index >= 15 is 0 Å². The van der Waals surface area contributed by atoms with Gasteiger partial charge < -0.3 is 0 Å². The Balaban J connectivity index is 1.60. The summed E-state index contributed by atoms with van der Waals surface area (Å²) < 4.78 is 7.94. The maximum atomic E-state index is 6.43. The van der Waals surface area contributed by atoms with E-state index in [1.807, 2.05) is 24.4 Å². The van der Waals surface area contributed by atoms with Crippen LogP contribution in [0.1, 0.15) is 0 Å². The van der Waals surface area contributed by atoms with E-state index in [1.165, 1.54) is 20.7 Å². The van der Waals surface area contributed by atoms with Crippen LogP contribution in [0.15, 0.2) is 114 Å². The minimum atomic E-state index is -1.93. The maximum absolute atomic E-state index is 6.43.